The lowest BCUT2D eigenvalue weighted by atomic mass is 9.86. The van der Waals surface area contributed by atoms with Crippen LogP contribution in [0, 0.1) is 6.92 Å². The molecule has 0 unspecified atom stereocenters. The van der Waals surface area contributed by atoms with Gasteiger partial charge in [-0.15, -0.1) is 0 Å². The molecule has 198 valence electrons. The van der Waals surface area contributed by atoms with Gasteiger partial charge in [-0.1, -0.05) is 44.5 Å². The number of aromatic nitrogens is 3. The Morgan fingerprint density at radius 2 is 1.76 bits per heavy atom. The van der Waals surface area contributed by atoms with Crippen LogP contribution in [-0.4, -0.2) is 62.0 Å². The lowest BCUT2D eigenvalue weighted by Crippen LogP contribution is -2.62. The second kappa shape index (κ2) is 9.27. The summed E-state index contributed by atoms with van der Waals surface area (Å²) in [6.07, 6.45) is 0. The molecule has 0 spiro atoms. The molecule has 4 aromatic rings. The average molecular weight is 534 g/mol. The fourth-order valence-corrected chi connectivity index (χ4v) is 5.12. The van der Waals surface area contributed by atoms with Crippen LogP contribution in [0.4, 0.5) is 0 Å². The molecular weight excluding hydrogens is 502 g/mol. The number of nitrogens with zero attached hydrogens (tertiary/aromatic N) is 4. The molecule has 1 saturated heterocycles. The number of pyridine rings is 1. The van der Waals surface area contributed by atoms with Gasteiger partial charge in [0.15, 0.2) is 11.3 Å². The predicted molar refractivity (Wildman–Crippen MR) is 147 cm³/mol. The highest BCUT2D eigenvalue weighted by Crippen LogP contribution is 2.36. The van der Waals surface area contributed by atoms with Crippen LogP contribution in [0.25, 0.3) is 22.4 Å². The van der Waals surface area contributed by atoms with E-state index in [1.807, 2.05) is 51.1 Å². The Bertz CT molecular complexity index is 1530. The molecule has 0 atom stereocenters. The quantitative estimate of drug-likeness (QED) is 0.356. The van der Waals surface area contributed by atoms with Gasteiger partial charge in [0.25, 0.3) is 11.8 Å². The molecule has 1 aliphatic rings. The summed E-state index contributed by atoms with van der Waals surface area (Å²) in [6.45, 7) is 13.3. The lowest BCUT2D eigenvalue weighted by molar-refractivity contribution is 0.0148. The second-order valence-electron chi connectivity index (χ2n) is 11.6. The normalized spacial score (nSPS) is 15.8. The van der Waals surface area contributed by atoms with Crippen molar-refractivity contribution in [2.45, 2.75) is 52.5 Å². The van der Waals surface area contributed by atoms with E-state index in [1.54, 1.807) is 21.9 Å². The highest BCUT2D eigenvalue weighted by atomic mass is 35.5. The zero-order valence-electron chi connectivity index (χ0n) is 22.6. The fraction of sp³-hybridized carbons (Fsp3) is 0.379. The number of hydrogen-bond acceptors (Lipinski definition) is 5. The van der Waals surface area contributed by atoms with Crippen molar-refractivity contribution < 1.29 is 14.0 Å². The number of nitrogens with one attached hydrogen (secondary N) is 1. The average Bonchev–Trinajstić information content (AvgIpc) is 3.48. The molecule has 9 heteroatoms. The second-order valence-corrected chi connectivity index (χ2v) is 12.0. The molecular formula is C29H32ClN5O3. The summed E-state index contributed by atoms with van der Waals surface area (Å²) >= 11 is 6.09. The van der Waals surface area contributed by atoms with E-state index >= 15 is 0 Å². The molecule has 1 aromatic carbocycles. The molecule has 3 aromatic heterocycles. The van der Waals surface area contributed by atoms with E-state index in [0.29, 0.717) is 41.5 Å². The smallest absolute Gasteiger partial charge is 0.290 e. The number of hydrogen-bond donors (Lipinski definition) is 1. The Morgan fingerprint density at radius 1 is 1.05 bits per heavy atom. The standard InChI is InChI=1S/C29H32ClN5O3/c1-17-13-23(33-32-17)26(36)34-11-12-35(29(5,6)16-34)27(37)24-15-22-25(38-24)20(28(2,3)4)14-21(31-22)18-7-9-19(30)10-8-18/h7-10,13-15H,11-12,16H2,1-6H3,(H,32,33). The minimum Gasteiger partial charge on any atom is -0.449 e. The number of H-pyrrole nitrogens is 1. The van der Waals surface area contributed by atoms with E-state index in [-0.39, 0.29) is 23.0 Å². The van der Waals surface area contributed by atoms with E-state index < -0.39 is 5.54 Å². The molecule has 1 fully saturated rings. The molecule has 0 bridgehead atoms. The molecule has 5 rings (SSSR count). The third-order valence-corrected chi connectivity index (χ3v) is 7.26. The van der Waals surface area contributed by atoms with Gasteiger partial charge in [0.2, 0.25) is 0 Å². The van der Waals surface area contributed by atoms with Gasteiger partial charge in [-0.2, -0.15) is 5.10 Å². The van der Waals surface area contributed by atoms with Gasteiger partial charge in [0.05, 0.1) is 16.9 Å². The highest BCUT2D eigenvalue weighted by Gasteiger charge is 2.40. The van der Waals surface area contributed by atoms with Crippen molar-refractivity contribution in [3.05, 3.63) is 70.2 Å². The number of amides is 2. The number of carbonyl (C=O) groups is 2. The number of aryl methyl sites for hydroxylation is 1. The number of aromatic amines is 1. The zero-order chi connectivity index (χ0) is 27.4. The third-order valence-electron chi connectivity index (χ3n) is 7.01. The zero-order valence-corrected chi connectivity index (χ0v) is 23.3. The molecule has 2 amide bonds. The van der Waals surface area contributed by atoms with Crippen molar-refractivity contribution in [3.63, 3.8) is 0 Å². The van der Waals surface area contributed by atoms with Gasteiger partial charge in [-0.05, 0) is 50.5 Å². The van der Waals surface area contributed by atoms with Crippen molar-refractivity contribution >= 4 is 34.5 Å². The summed E-state index contributed by atoms with van der Waals surface area (Å²) < 4.78 is 6.22. The van der Waals surface area contributed by atoms with Crippen LogP contribution >= 0.6 is 11.6 Å². The van der Waals surface area contributed by atoms with E-state index in [9.17, 15) is 9.59 Å². The molecule has 0 saturated carbocycles. The monoisotopic (exact) mass is 533 g/mol. The van der Waals surface area contributed by atoms with Gasteiger partial charge < -0.3 is 14.2 Å². The number of rotatable bonds is 3. The van der Waals surface area contributed by atoms with Crippen molar-refractivity contribution in [3.8, 4) is 11.3 Å². The summed E-state index contributed by atoms with van der Waals surface area (Å²) in [5, 5.41) is 7.51. The maximum atomic E-state index is 13.8. The van der Waals surface area contributed by atoms with E-state index in [2.05, 4.69) is 31.0 Å². The van der Waals surface area contributed by atoms with Crippen molar-refractivity contribution in [1.29, 1.82) is 0 Å². The van der Waals surface area contributed by atoms with Crippen molar-refractivity contribution in [1.82, 2.24) is 25.0 Å². The van der Waals surface area contributed by atoms with Crippen molar-refractivity contribution in [2.24, 2.45) is 0 Å². The van der Waals surface area contributed by atoms with Crippen LogP contribution < -0.4 is 0 Å². The van der Waals surface area contributed by atoms with Gasteiger partial charge >= 0.3 is 0 Å². The number of carbonyl (C=O) groups excluding carboxylic acids is 2. The molecule has 1 aliphatic heterocycles. The Balaban J connectivity index is 1.46. The maximum Gasteiger partial charge on any atom is 0.290 e. The Kier molecular flexibility index (Phi) is 6.34. The summed E-state index contributed by atoms with van der Waals surface area (Å²) in [5.41, 5.74) is 4.31. The largest absolute Gasteiger partial charge is 0.449 e. The van der Waals surface area contributed by atoms with E-state index in [0.717, 1.165) is 22.5 Å². The van der Waals surface area contributed by atoms with Gasteiger partial charge in [-0.3, -0.25) is 14.7 Å². The first-order valence-electron chi connectivity index (χ1n) is 12.7. The SMILES string of the molecule is Cc1cc(C(=O)N2CCN(C(=O)c3cc4nc(-c5ccc(Cl)cc5)cc(C(C)(C)C)c4o3)C(C)(C)C2)[nH]n1. The topological polar surface area (TPSA) is 95.3 Å². The van der Waals surface area contributed by atoms with Crippen LogP contribution in [0.3, 0.4) is 0 Å². The number of halogens is 1. The Hall–Kier alpha value is -3.65. The van der Waals surface area contributed by atoms with Crippen LogP contribution in [0.1, 0.15) is 66.9 Å². The Morgan fingerprint density at radius 3 is 2.37 bits per heavy atom. The fourth-order valence-electron chi connectivity index (χ4n) is 4.99. The highest BCUT2D eigenvalue weighted by molar-refractivity contribution is 6.30. The van der Waals surface area contributed by atoms with Crippen LogP contribution in [0.15, 0.2) is 46.9 Å². The molecule has 4 heterocycles. The van der Waals surface area contributed by atoms with Crippen LogP contribution in [-0.2, 0) is 5.41 Å². The molecule has 38 heavy (non-hydrogen) atoms. The summed E-state index contributed by atoms with van der Waals surface area (Å²) in [5.74, 6) is -0.100. The van der Waals surface area contributed by atoms with Gasteiger partial charge in [-0.25, -0.2) is 4.98 Å². The first kappa shape index (κ1) is 26.0. The Labute approximate surface area is 227 Å². The van der Waals surface area contributed by atoms with Crippen molar-refractivity contribution in [2.75, 3.05) is 19.6 Å². The van der Waals surface area contributed by atoms with Crippen LogP contribution in [0.5, 0.6) is 0 Å². The van der Waals surface area contributed by atoms with E-state index in [4.69, 9.17) is 21.0 Å². The molecule has 1 N–H and O–H groups in total. The van der Waals surface area contributed by atoms with Gasteiger partial charge in [0.1, 0.15) is 11.2 Å². The first-order valence-corrected chi connectivity index (χ1v) is 13.1. The third kappa shape index (κ3) is 4.80. The predicted octanol–water partition coefficient (Wildman–Crippen LogP) is 5.85. The van der Waals surface area contributed by atoms with E-state index in [1.165, 1.54) is 0 Å². The maximum absolute atomic E-state index is 13.8. The van der Waals surface area contributed by atoms with Gasteiger partial charge in [0, 0.05) is 41.9 Å². The lowest BCUT2D eigenvalue weighted by Gasteiger charge is -2.46. The number of furan rings is 1. The number of benzene rings is 1. The first-order chi connectivity index (χ1) is 17.8. The minimum atomic E-state index is -0.603. The number of piperazine rings is 1. The summed E-state index contributed by atoms with van der Waals surface area (Å²) in [6, 6.07) is 13.0. The molecule has 0 radical (unpaired) electrons. The molecule has 8 nitrogen and oxygen atoms in total. The molecule has 0 aliphatic carbocycles. The number of fused-ring (bicyclic) bond motifs is 1. The summed E-state index contributed by atoms with van der Waals surface area (Å²) in [7, 11) is 0. The minimum absolute atomic E-state index is 0.122. The summed E-state index contributed by atoms with van der Waals surface area (Å²) in [4.78, 5) is 35.1. The van der Waals surface area contributed by atoms with Crippen LogP contribution in [0.2, 0.25) is 5.02 Å².